The van der Waals surface area contributed by atoms with Crippen LogP contribution in [0.5, 0.6) is 11.5 Å². The van der Waals surface area contributed by atoms with Crippen LogP contribution in [0.4, 0.5) is 0 Å². The van der Waals surface area contributed by atoms with Crippen LogP contribution in [0.1, 0.15) is 11.1 Å². The van der Waals surface area contributed by atoms with Gasteiger partial charge in [-0.05, 0) is 17.7 Å². The molecule has 88 valence electrons. The van der Waals surface area contributed by atoms with E-state index in [9.17, 15) is 5.11 Å². The molecule has 0 spiro atoms. The van der Waals surface area contributed by atoms with Crippen molar-refractivity contribution in [1.29, 1.82) is 0 Å². The molecule has 0 fully saturated rings. The Kier molecular flexibility index (Phi) is 3.89. The molecule has 1 N–H and O–H groups in total. The molecular formula is C14H13ClO2. The third-order valence-electron chi connectivity index (χ3n) is 2.48. The van der Waals surface area contributed by atoms with E-state index in [1.165, 1.54) is 0 Å². The minimum absolute atomic E-state index is 0.172. The summed E-state index contributed by atoms with van der Waals surface area (Å²) in [5.74, 6) is 1.03. The van der Waals surface area contributed by atoms with Crippen LogP contribution >= 0.6 is 11.6 Å². The van der Waals surface area contributed by atoms with Gasteiger partial charge in [0, 0.05) is 0 Å². The number of ether oxygens (including phenoxy) is 1. The number of benzene rings is 2. The fourth-order valence-electron chi connectivity index (χ4n) is 1.56. The van der Waals surface area contributed by atoms with E-state index in [1.807, 2.05) is 30.3 Å². The molecule has 2 rings (SSSR count). The summed E-state index contributed by atoms with van der Waals surface area (Å²) in [5, 5.41) is 9.62. The topological polar surface area (TPSA) is 29.5 Å². The first-order valence-electron chi connectivity index (χ1n) is 5.35. The molecule has 0 amide bonds. The molecule has 0 saturated carbocycles. The summed E-state index contributed by atoms with van der Waals surface area (Å²) in [5.41, 5.74) is 1.71. The van der Waals surface area contributed by atoms with Gasteiger partial charge in [0.25, 0.3) is 0 Å². The first-order chi connectivity index (χ1) is 8.31. The monoisotopic (exact) mass is 248 g/mol. The van der Waals surface area contributed by atoms with Gasteiger partial charge < -0.3 is 9.84 Å². The van der Waals surface area contributed by atoms with Crippen molar-refractivity contribution in [2.24, 2.45) is 0 Å². The summed E-state index contributed by atoms with van der Waals surface area (Å²) in [6.07, 6.45) is 0. The summed E-state index contributed by atoms with van der Waals surface area (Å²) >= 11 is 5.78. The molecule has 0 aromatic heterocycles. The van der Waals surface area contributed by atoms with E-state index >= 15 is 0 Å². The van der Waals surface area contributed by atoms with Crippen molar-refractivity contribution in [1.82, 2.24) is 0 Å². The summed E-state index contributed by atoms with van der Waals surface area (Å²) in [4.78, 5) is 0. The molecule has 0 aliphatic heterocycles. The summed E-state index contributed by atoms with van der Waals surface area (Å²) in [7, 11) is 0. The largest absolute Gasteiger partial charge is 0.507 e. The van der Waals surface area contributed by atoms with Gasteiger partial charge in [-0.1, -0.05) is 36.4 Å². The first-order valence-corrected chi connectivity index (χ1v) is 5.88. The normalized spacial score (nSPS) is 10.2. The molecule has 0 atom stereocenters. The van der Waals surface area contributed by atoms with E-state index in [0.29, 0.717) is 17.9 Å². The van der Waals surface area contributed by atoms with Gasteiger partial charge in [0.05, 0.1) is 11.4 Å². The van der Waals surface area contributed by atoms with Crippen LogP contribution in [0.15, 0.2) is 48.5 Å². The van der Waals surface area contributed by atoms with Crippen molar-refractivity contribution in [3.63, 3.8) is 0 Å². The van der Waals surface area contributed by atoms with Crippen LogP contribution in [0.3, 0.4) is 0 Å². The van der Waals surface area contributed by atoms with E-state index in [4.69, 9.17) is 16.3 Å². The van der Waals surface area contributed by atoms with E-state index < -0.39 is 0 Å². The molecule has 0 bridgehead atoms. The Hall–Kier alpha value is -1.67. The van der Waals surface area contributed by atoms with E-state index in [0.717, 1.165) is 5.56 Å². The predicted octanol–water partition coefficient (Wildman–Crippen LogP) is 3.71. The number of rotatable bonds is 4. The molecule has 0 unspecified atom stereocenters. The van der Waals surface area contributed by atoms with Crippen LogP contribution in [-0.4, -0.2) is 5.11 Å². The highest BCUT2D eigenvalue weighted by molar-refractivity contribution is 6.17. The number of phenols is 1. The van der Waals surface area contributed by atoms with Crippen LogP contribution in [0.2, 0.25) is 0 Å². The van der Waals surface area contributed by atoms with Crippen molar-refractivity contribution in [2.75, 3.05) is 0 Å². The molecule has 3 heteroatoms. The quantitative estimate of drug-likeness (QED) is 0.836. The number of aromatic hydroxyl groups is 1. The number of halogens is 1. The van der Waals surface area contributed by atoms with Gasteiger partial charge in [-0.15, -0.1) is 11.6 Å². The van der Waals surface area contributed by atoms with E-state index in [2.05, 4.69) is 0 Å². The zero-order valence-corrected chi connectivity index (χ0v) is 10.0. The SMILES string of the molecule is Oc1cccc(OCc2ccccc2)c1CCl. The number of hydrogen-bond acceptors (Lipinski definition) is 2. The van der Waals surface area contributed by atoms with Crippen molar-refractivity contribution in [2.45, 2.75) is 12.5 Å². The minimum Gasteiger partial charge on any atom is -0.507 e. The molecule has 2 aromatic rings. The zero-order valence-electron chi connectivity index (χ0n) is 9.27. The van der Waals surface area contributed by atoms with Crippen molar-refractivity contribution >= 4 is 11.6 Å². The van der Waals surface area contributed by atoms with Gasteiger partial charge >= 0.3 is 0 Å². The molecule has 2 nitrogen and oxygen atoms in total. The lowest BCUT2D eigenvalue weighted by atomic mass is 10.2. The molecule has 0 heterocycles. The van der Waals surface area contributed by atoms with Crippen molar-refractivity contribution in [3.05, 3.63) is 59.7 Å². The summed E-state index contributed by atoms with van der Waals surface area (Å²) < 4.78 is 5.65. The molecule has 0 aliphatic carbocycles. The maximum atomic E-state index is 9.62. The molecule has 0 saturated heterocycles. The Morgan fingerprint density at radius 3 is 2.47 bits per heavy atom. The molecule has 0 radical (unpaired) electrons. The second-order valence-electron chi connectivity index (χ2n) is 3.66. The maximum absolute atomic E-state index is 9.62. The Balaban J connectivity index is 2.12. The Labute approximate surface area is 105 Å². The number of hydrogen-bond donors (Lipinski definition) is 1. The van der Waals surface area contributed by atoms with E-state index in [1.54, 1.807) is 18.2 Å². The van der Waals surface area contributed by atoms with Gasteiger partial charge in [-0.2, -0.15) is 0 Å². The third kappa shape index (κ3) is 2.92. The van der Waals surface area contributed by atoms with Gasteiger partial charge in [0.15, 0.2) is 0 Å². The van der Waals surface area contributed by atoms with Gasteiger partial charge in [-0.3, -0.25) is 0 Å². The number of alkyl halides is 1. The standard InChI is InChI=1S/C14H13ClO2/c15-9-12-13(16)7-4-8-14(12)17-10-11-5-2-1-3-6-11/h1-8,16H,9-10H2. The predicted molar refractivity (Wildman–Crippen MR) is 68.4 cm³/mol. The van der Waals surface area contributed by atoms with Gasteiger partial charge in [0.1, 0.15) is 18.1 Å². The average molecular weight is 249 g/mol. The third-order valence-corrected chi connectivity index (χ3v) is 2.75. The fourth-order valence-corrected chi connectivity index (χ4v) is 1.83. The minimum atomic E-state index is 0.172. The van der Waals surface area contributed by atoms with E-state index in [-0.39, 0.29) is 11.6 Å². The van der Waals surface area contributed by atoms with Crippen LogP contribution in [-0.2, 0) is 12.5 Å². The van der Waals surface area contributed by atoms with Crippen LogP contribution < -0.4 is 4.74 Å². The number of phenolic OH excluding ortho intramolecular Hbond substituents is 1. The van der Waals surface area contributed by atoms with Gasteiger partial charge in [-0.25, -0.2) is 0 Å². The maximum Gasteiger partial charge on any atom is 0.127 e. The Morgan fingerprint density at radius 1 is 1.00 bits per heavy atom. The molecular weight excluding hydrogens is 236 g/mol. The molecule has 2 aromatic carbocycles. The highest BCUT2D eigenvalue weighted by Crippen LogP contribution is 2.29. The Bertz CT molecular complexity index is 483. The average Bonchev–Trinajstić information content (AvgIpc) is 2.37. The first kappa shape index (κ1) is 11.8. The second-order valence-corrected chi connectivity index (χ2v) is 3.93. The highest BCUT2D eigenvalue weighted by atomic mass is 35.5. The lowest BCUT2D eigenvalue weighted by molar-refractivity contribution is 0.301. The van der Waals surface area contributed by atoms with Crippen LogP contribution in [0, 0.1) is 0 Å². The lowest BCUT2D eigenvalue weighted by Crippen LogP contribution is -1.97. The summed E-state index contributed by atoms with van der Waals surface area (Å²) in [6, 6.07) is 15.0. The van der Waals surface area contributed by atoms with Crippen molar-refractivity contribution < 1.29 is 9.84 Å². The molecule has 0 aliphatic rings. The van der Waals surface area contributed by atoms with Gasteiger partial charge in [0.2, 0.25) is 0 Å². The van der Waals surface area contributed by atoms with Crippen LogP contribution in [0.25, 0.3) is 0 Å². The summed E-state index contributed by atoms with van der Waals surface area (Å²) in [6.45, 7) is 0.466. The molecule has 17 heavy (non-hydrogen) atoms. The van der Waals surface area contributed by atoms with Crippen molar-refractivity contribution in [3.8, 4) is 11.5 Å². The smallest absolute Gasteiger partial charge is 0.127 e. The second kappa shape index (κ2) is 5.60. The lowest BCUT2D eigenvalue weighted by Gasteiger charge is -2.11. The fraction of sp³-hybridized carbons (Fsp3) is 0.143. The highest BCUT2D eigenvalue weighted by Gasteiger charge is 2.07. The zero-order chi connectivity index (χ0) is 12.1. The Morgan fingerprint density at radius 2 is 1.76 bits per heavy atom.